The molecule has 1 saturated heterocycles. The number of aliphatic carboxylic acids is 1. The van der Waals surface area contributed by atoms with Crippen LogP contribution in [0.5, 0.6) is 5.75 Å². The van der Waals surface area contributed by atoms with Crippen molar-refractivity contribution in [1.82, 2.24) is 4.90 Å². The molecular formula is C22H20ClNO6. The highest BCUT2D eigenvalue weighted by Crippen LogP contribution is 2.40. The molecule has 30 heavy (non-hydrogen) atoms. The molecule has 1 atom stereocenters. The summed E-state index contributed by atoms with van der Waals surface area (Å²) < 4.78 is 5.43. The van der Waals surface area contributed by atoms with Gasteiger partial charge in [0.1, 0.15) is 11.5 Å². The third-order valence-corrected chi connectivity index (χ3v) is 4.98. The lowest BCUT2D eigenvalue weighted by Gasteiger charge is -2.25. The van der Waals surface area contributed by atoms with E-state index in [2.05, 4.69) is 0 Å². The van der Waals surface area contributed by atoms with Crippen molar-refractivity contribution in [2.45, 2.75) is 19.4 Å². The monoisotopic (exact) mass is 429 g/mol. The number of carbonyl (C=O) groups is 3. The Morgan fingerprint density at radius 2 is 1.70 bits per heavy atom. The second kappa shape index (κ2) is 9.00. The van der Waals surface area contributed by atoms with Crippen LogP contribution in [0, 0.1) is 0 Å². The molecule has 1 aliphatic heterocycles. The first kappa shape index (κ1) is 21.4. The number of carboxylic acid groups (broad SMARTS) is 1. The molecule has 1 fully saturated rings. The van der Waals surface area contributed by atoms with Crippen molar-refractivity contribution in [2.75, 3.05) is 13.2 Å². The second-order valence-corrected chi connectivity index (χ2v) is 7.08. The minimum absolute atomic E-state index is 0.100. The van der Waals surface area contributed by atoms with Crippen LogP contribution in [0.2, 0.25) is 5.02 Å². The number of Topliss-reactive ketones (excluding diaryl/α,β-unsaturated/α-hetero) is 1. The molecular weight excluding hydrogens is 410 g/mol. The maximum atomic E-state index is 12.8. The van der Waals surface area contributed by atoms with Gasteiger partial charge in [0.05, 0.1) is 24.6 Å². The summed E-state index contributed by atoms with van der Waals surface area (Å²) in [4.78, 5) is 37.7. The van der Waals surface area contributed by atoms with Crippen molar-refractivity contribution in [3.63, 3.8) is 0 Å². The number of rotatable bonds is 7. The average molecular weight is 430 g/mol. The molecule has 0 radical (unpaired) electrons. The summed E-state index contributed by atoms with van der Waals surface area (Å²) in [7, 11) is 0. The molecule has 3 rings (SSSR count). The predicted octanol–water partition coefficient (Wildman–Crippen LogP) is 3.64. The van der Waals surface area contributed by atoms with Crippen molar-refractivity contribution < 1.29 is 29.3 Å². The molecule has 8 heteroatoms. The van der Waals surface area contributed by atoms with Gasteiger partial charge in [-0.2, -0.15) is 0 Å². The van der Waals surface area contributed by atoms with Gasteiger partial charge in [-0.3, -0.25) is 14.4 Å². The van der Waals surface area contributed by atoms with E-state index in [-0.39, 0.29) is 24.3 Å². The summed E-state index contributed by atoms with van der Waals surface area (Å²) in [6.07, 6.45) is -0.332. The number of benzene rings is 2. The number of ether oxygens (including phenoxy) is 1. The van der Waals surface area contributed by atoms with Gasteiger partial charge in [-0.25, -0.2) is 0 Å². The molecule has 0 aromatic heterocycles. The summed E-state index contributed by atoms with van der Waals surface area (Å²) in [5, 5.41) is 20.4. The molecule has 156 valence electrons. The van der Waals surface area contributed by atoms with Crippen LogP contribution in [-0.2, 0) is 14.4 Å². The minimum atomic E-state index is -1.10. The number of carbonyl (C=O) groups excluding carboxylic acids is 2. The number of nitrogens with zero attached hydrogens (tertiary/aromatic N) is 1. The topological polar surface area (TPSA) is 104 Å². The molecule has 0 spiro atoms. The summed E-state index contributed by atoms with van der Waals surface area (Å²) in [5.41, 5.74) is 0.780. The van der Waals surface area contributed by atoms with E-state index in [0.717, 1.165) is 0 Å². The molecule has 1 unspecified atom stereocenters. The fourth-order valence-corrected chi connectivity index (χ4v) is 3.48. The van der Waals surface area contributed by atoms with E-state index in [9.17, 15) is 19.5 Å². The number of ketones is 1. The van der Waals surface area contributed by atoms with Crippen LogP contribution in [0.4, 0.5) is 0 Å². The van der Waals surface area contributed by atoms with Crippen molar-refractivity contribution in [2.24, 2.45) is 0 Å². The summed E-state index contributed by atoms with van der Waals surface area (Å²) >= 11 is 5.89. The van der Waals surface area contributed by atoms with Gasteiger partial charge in [0.15, 0.2) is 0 Å². The van der Waals surface area contributed by atoms with Crippen molar-refractivity contribution in [3.05, 3.63) is 70.3 Å². The van der Waals surface area contributed by atoms with E-state index in [0.29, 0.717) is 28.5 Å². The maximum absolute atomic E-state index is 12.8. The Morgan fingerprint density at radius 1 is 1.07 bits per heavy atom. The molecule has 1 heterocycles. The number of hydrogen-bond donors (Lipinski definition) is 2. The van der Waals surface area contributed by atoms with Gasteiger partial charge in [0, 0.05) is 17.1 Å². The van der Waals surface area contributed by atoms with Gasteiger partial charge in [0.2, 0.25) is 0 Å². The van der Waals surface area contributed by atoms with Crippen LogP contribution in [0.25, 0.3) is 5.76 Å². The summed E-state index contributed by atoms with van der Waals surface area (Å²) in [6, 6.07) is 12.0. The van der Waals surface area contributed by atoms with Gasteiger partial charge in [0.25, 0.3) is 11.7 Å². The van der Waals surface area contributed by atoms with E-state index in [1.54, 1.807) is 36.4 Å². The van der Waals surface area contributed by atoms with Crippen LogP contribution < -0.4 is 4.74 Å². The Morgan fingerprint density at radius 3 is 2.27 bits per heavy atom. The van der Waals surface area contributed by atoms with Crippen molar-refractivity contribution in [3.8, 4) is 5.75 Å². The minimum Gasteiger partial charge on any atom is -0.507 e. The normalized spacial score (nSPS) is 17.9. The van der Waals surface area contributed by atoms with Gasteiger partial charge in [-0.05, 0) is 48.9 Å². The molecule has 2 N–H and O–H groups in total. The number of likely N-dealkylation sites (tertiary alicyclic amines) is 1. The molecule has 0 bridgehead atoms. The van der Waals surface area contributed by atoms with Gasteiger partial charge in [-0.15, -0.1) is 0 Å². The van der Waals surface area contributed by atoms with Gasteiger partial charge < -0.3 is 19.8 Å². The Bertz CT molecular complexity index is 997. The first-order valence-electron chi connectivity index (χ1n) is 9.32. The molecule has 1 amide bonds. The largest absolute Gasteiger partial charge is 0.507 e. The van der Waals surface area contributed by atoms with Crippen molar-refractivity contribution >= 4 is 35.0 Å². The number of amides is 1. The van der Waals surface area contributed by atoms with E-state index in [1.165, 1.54) is 17.0 Å². The Balaban J connectivity index is 2.11. The smallest absolute Gasteiger partial charge is 0.305 e. The zero-order chi connectivity index (χ0) is 21.8. The van der Waals surface area contributed by atoms with Crippen molar-refractivity contribution in [1.29, 1.82) is 0 Å². The fraction of sp³-hybridized carbons (Fsp3) is 0.227. The van der Waals surface area contributed by atoms with E-state index in [4.69, 9.17) is 21.4 Å². The number of hydrogen-bond acceptors (Lipinski definition) is 5. The fourth-order valence-electron chi connectivity index (χ4n) is 3.35. The number of aliphatic hydroxyl groups excluding tert-OH is 1. The molecule has 2 aromatic rings. The van der Waals surface area contributed by atoms with E-state index < -0.39 is 23.7 Å². The first-order chi connectivity index (χ1) is 14.3. The highest BCUT2D eigenvalue weighted by atomic mass is 35.5. The number of halogens is 1. The highest BCUT2D eigenvalue weighted by molar-refractivity contribution is 6.46. The number of aliphatic hydroxyl groups is 1. The lowest BCUT2D eigenvalue weighted by molar-refractivity contribution is -0.142. The van der Waals surface area contributed by atoms with Crippen LogP contribution in [0.3, 0.4) is 0 Å². The zero-order valence-electron chi connectivity index (χ0n) is 16.2. The SMILES string of the molecule is CCOc1ccc(C2/C(=C(/O)c3ccc(Cl)cc3)C(=O)C(=O)N2CCC(=O)O)cc1. The second-order valence-electron chi connectivity index (χ2n) is 6.65. The Labute approximate surface area is 178 Å². The quantitative estimate of drug-likeness (QED) is 0.395. The van der Waals surface area contributed by atoms with Crippen LogP contribution >= 0.6 is 11.6 Å². The first-order valence-corrected chi connectivity index (χ1v) is 9.70. The maximum Gasteiger partial charge on any atom is 0.305 e. The molecule has 2 aromatic carbocycles. The molecule has 0 saturated carbocycles. The lowest BCUT2D eigenvalue weighted by Crippen LogP contribution is -2.31. The standard InChI is InChI=1S/C22H20ClNO6/c1-2-30-16-9-5-13(6-10-16)19-18(20(27)14-3-7-15(23)8-4-14)21(28)22(29)24(19)12-11-17(25)26/h3-10,19,27H,2,11-12H2,1H3,(H,25,26)/b20-18-. The van der Waals surface area contributed by atoms with Crippen LogP contribution in [0.15, 0.2) is 54.1 Å². The Hall–Kier alpha value is -3.32. The number of carboxylic acids is 1. The zero-order valence-corrected chi connectivity index (χ0v) is 16.9. The third kappa shape index (κ3) is 4.31. The Kier molecular flexibility index (Phi) is 6.42. The average Bonchev–Trinajstić information content (AvgIpc) is 2.98. The van der Waals surface area contributed by atoms with Crippen LogP contribution in [0.1, 0.15) is 30.5 Å². The summed E-state index contributed by atoms with van der Waals surface area (Å²) in [6.45, 7) is 2.16. The molecule has 1 aliphatic rings. The van der Waals surface area contributed by atoms with E-state index in [1.807, 2.05) is 6.92 Å². The molecule has 0 aliphatic carbocycles. The van der Waals surface area contributed by atoms with Gasteiger partial charge >= 0.3 is 5.97 Å². The third-order valence-electron chi connectivity index (χ3n) is 4.73. The molecule has 7 nitrogen and oxygen atoms in total. The highest BCUT2D eigenvalue weighted by Gasteiger charge is 2.46. The predicted molar refractivity (Wildman–Crippen MR) is 110 cm³/mol. The van der Waals surface area contributed by atoms with Gasteiger partial charge in [-0.1, -0.05) is 23.7 Å². The summed E-state index contributed by atoms with van der Waals surface area (Å²) in [5.74, 6) is -2.56. The lowest BCUT2D eigenvalue weighted by atomic mass is 9.95. The van der Waals surface area contributed by atoms with E-state index >= 15 is 0 Å². The van der Waals surface area contributed by atoms with Crippen LogP contribution in [-0.4, -0.2) is 45.9 Å².